The van der Waals surface area contributed by atoms with Crippen molar-refractivity contribution in [3.05, 3.63) is 33.8 Å². The van der Waals surface area contributed by atoms with Gasteiger partial charge in [-0.2, -0.15) is 0 Å². The highest BCUT2D eigenvalue weighted by molar-refractivity contribution is 6.71. The third-order valence-electron chi connectivity index (χ3n) is 2.27. The third-order valence-corrected chi connectivity index (χ3v) is 11.5. The Kier molecular flexibility index (Phi) is 8.83. The summed E-state index contributed by atoms with van der Waals surface area (Å²) in [5.41, 5.74) is 12.0. The van der Waals surface area contributed by atoms with E-state index in [2.05, 4.69) is 62.5 Å². The quantitative estimate of drug-likeness (QED) is 0.657. The van der Waals surface area contributed by atoms with Gasteiger partial charge in [0, 0.05) is 0 Å². The summed E-state index contributed by atoms with van der Waals surface area (Å²) < 4.78 is 2.85. The SMILES string of the molecule is CC(C)=C[SiH2]N([SiH2]C=C(C)C)[SiH2]C=C(C)C. The van der Waals surface area contributed by atoms with Crippen LogP contribution < -0.4 is 0 Å². The summed E-state index contributed by atoms with van der Waals surface area (Å²) in [6.45, 7) is 13.3. The van der Waals surface area contributed by atoms with Crippen LogP contribution in [0.5, 0.6) is 0 Å². The standard InChI is InChI=1S/C12H27NSi3/c1-10(2)7-14-13(15-8-11(3)4)16-9-12(5)6/h7-9H,14-16H2,1-6H3. The minimum atomic E-state index is -0.103. The fourth-order valence-corrected chi connectivity index (χ4v) is 7.14. The van der Waals surface area contributed by atoms with Gasteiger partial charge in [0.05, 0.1) is 0 Å². The third kappa shape index (κ3) is 10.4. The topological polar surface area (TPSA) is 3.24 Å². The second-order valence-corrected chi connectivity index (χ2v) is 12.7. The first-order valence-electron chi connectivity index (χ1n) is 6.04. The van der Waals surface area contributed by atoms with Crippen molar-refractivity contribution in [2.24, 2.45) is 0 Å². The molecule has 16 heavy (non-hydrogen) atoms. The van der Waals surface area contributed by atoms with E-state index in [9.17, 15) is 0 Å². The molecule has 0 aliphatic heterocycles. The van der Waals surface area contributed by atoms with Crippen LogP contribution in [0, 0.1) is 0 Å². The maximum absolute atomic E-state index is 2.85. The molecule has 0 aromatic rings. The van der Waals surface area contributed by atoms with Gasteiger partial charge in [-0.15, -0.1) is 0 Å². The molecule has 0 saturated heterocycles. The first-order valence-corrected chi connectivity index (χ1v) is 10.4. The van der Waals surface area contributed by atoms with Gasteiger partial charge in [-0.25, -0.2) is 0 Å². The van der Waals surface area contributed by atoms with E-state index in [1.807, 2.05) is 0 Å². The Morgan fingerprint density at radius 1 is 0.625 bits per heavy atom. The Labute approximate surface area is 108 Å². The largest absolute Gasteiger partial charge is 0.373 e. The predicted molar refractivity (Wildman–Crippen MR) is 85.8 cm³/mol. The summed E-state index contributed by atoms with van der Waals surface area (Å²) in [6, 6.07) is 0. The molecule has 0 heterocycles. The first kappa shape index (κ1) is 15.8. The Hall–Kier alpha value is -0.169. The van der Waals surface area contributed by atoms with Crippen LogP contribution in [0.4, 0.5) is 0 Å². The monoisotopic (exact) mass is 269 g/mol. The smallest absolute Gasteiger partial charge is 0.105 e. The Morgan fingerprint density at radius 3 is 1.06 bits per heavy atom. The lowest BCUT2D eigenvalue weighted by Crippen LogP contribution is -2.33. The van der Waals surface area contributed by atoms with Gasteiger partial charge in [0.15, 0.2) is 0 Å². The average Bonchev–Trinajstić information content (AvgIpc) is 2.15. The molecule has 0 unspecified atom stereocenters. The molecule has 0 fully saturated rings. The minimum absolute atomic E-state index is 0.103. The van der Waals surface area contributed by atoms with E-state index in [0.29, 0.717) is 0 Å². The fraction of sp³-hybridized carbons (Fsp3) is 0.500. The normalized spacial score (nSPS) is 12.2. The zero-order valence-corrected chi connectivity index (χ0v) is 16.0. The lowest BCUT2D eigenvalue weighted by molar-refractivity contribution is 1.11. The Balaban J connectivity index is 4.33. The zero-order valence-electron chi connectivity index (χ0n) is 11.8. The molecular weight excluding hydrogens is 242 g/mol. The van der Waals surface area contributed by atoms with Crippen molar-refractivity contribution in [3.63, 3.8) is 0 Å². The van der Waals surface area contributed by atoms with Crippen LogP contribution in [0.3, 0.4) is 0 Å². The molecule has 0 aliphatic rings. The molecule has 0 N–H and O–H groups in total. The molecule has 0 aromatic carbocycles. The van der Waals surface area contributed by atoms with Gasteiger partial charge in [0.1, 0.15) is 29.0 Å². The van der Waals surface area contributed by atoms with Crippen LogP contribution in [0.2, 0.25) is 0 Å². The van der Waals surface area contributed by atoms with Crippen LogP contribution in [0.1, 0.15) is 41.5 Å². The number of rotatable bonds is 6. The number of allylic oxidation sites excluding steroid dienone is 3. The average molecular weight is 270 g/mol. The maximum atomic E-state index is 2.85. The van der Waals surface area contributed by atoms with Crippen molar-refractivity contribution in [1.82, 2.24) is 3.90 Å². The number of hydrogen-bond acceptors (Lipinski definition) is 1. The molecule has 1 nitrogen and oxygen atoms in total. The van der Waals surface area contributed by atoms with Gasteiger partial charge < -0.3 is 3.90 Å². The van der Waals surface area contributed by atoms with E-state index in [-0.39, 0.29) is 29.0 Å². The highest BCUT2D eigenvalue weighted by Gasteiger charge is 2.00. The van der Waals surface area contributed by atoms with Crippen LogP contribution in [-0.2, 0) is 0 Å². The van der Waals surface area contributed by atoms with Crippen LogP contribution >= 0.6 is 0 Å². The summed E-state index contributed by atoms with van der Waals surface area (Å²) in [5, 5.41) is 0. The van der Waals surface area contributed by atoms with Crippen LogP contribution in [0.25, 0.3) is 0 Å². The van der Waals surface area contributed by atoms with E-state index in [1.165, 1.54) is 16.7 Å². The predicted octanol–water partition coefficient (Wildman–Crippen LogP) is 1.31. The van der Waals surface area contributed by atoms with Gasteiger partial charge in [-0.1, -0.05) is 33.8 Å². The molecule has 0 rings (SSSR count). The zero-order chi connectivity index (χ0) is 12.6. The van der Waals surface area contributed by atoms with E-state index >= 15 is 0 Å². The van der Waals surface area contributed by atoms with Crippen molar-refractivity contribution in [2.45, 2.75) is 41.5 Å². The van der Waals surface area contributed by atoms with Crippen molar-refractivity contribution >= 4 is 29.0 Å². The molecule has 0 aromatic heterocycles. The molecule has 0 spiro atoms. The van der Waals surface area contributed by atoms with E-state index in [0.717, 1.165) is 0 Å². The summed E-state index contributed by atoms with van der Waals surface area (Å²) in [6.07, 6.45) is 0. The second-order valence-electron chi connectivity index (χ2n) is 5.06. The molecule has 92 valence electrons. The molecular formula is C12H27NSi3. The summed E-state index contributed by atoms with van der Waals surface area (Å²) >= 11 is 0. The first-order chi connectivity index (χ1) is 7.41. The van der Waals surface area contributed by atoms with Crippen molar-refractivity contribution < 1.29 is 0 Å². The van der Waals surface area contributed by atoms with Gasteiger partial charge >= 0.3 is 0 Å². The van der Waals surface area contributed by atoms with Crippen molar-refractivity contribution in [1.29, 1.82) is 0 Å². The van der Waals surface area contributed by atoms with E-state index < -0.39 is 0 Å². The van der Waals surface area contributed by atoms with Gasteiger partial charge in [0.2, 0.25) is 0 Å². The van der Waals surface area contributed by atoms with E-state index in [1.54, 1.807) is 0 Å². The van der Waals surface area contributed by atoms with Crippen molar-refractivity contribution in [2.75, 3.05) is 0 Å². The molecule has 0 bridgehead atoms. The van der Waals surface area contributed by atoms with Gasteiger partial charge in [-0.3, -0.25) is 0 Å². The fourth-order valence-electron chi connectivity index (χ4n) is 1.16. The molecule has 4 heteroatoms. The highest BCUT2D eigenvalue weighted by atomic mass is 28.4. The molecule has 0 atom stereocenters. The van der Waals surface area contributed by atoms with Gasteiger partial charge in [0.25, 0.3) is 0 Å². The van der Waals surface area contributed by atoms with Crippen LogP contribution in [-0.4, -0.2) is 32.9 Å². The number of hydrogen-bond donors (Lipinski definition) is 0. The Morgan fingerprint density at radius 2 is 0.875 bits per heavy atom. The maximum Gasteiger partial charge on any atom is 0.105 e. The second kappa shape index (κ2) is 8.92. The molecule has 0 radical (unpaired) electrons. The van der Waals surface area contributed by atoms with Crippen LogP contribution in [0.15, 0.2) is 33.8 Å². The summed E-state index contributed by atoms with van der Waals surface area (Å²) in [7, 11) is -0.308. The molecule has 0 aliphatic carbocycles. The minimum Gasteiger partial charge on any atom is -0.373 e. The number of nitrogens with zero attached hydrogens (tertiary/aromatic N) is 1. The van der Waals surface area contributed by atoms with Gasteiger partial charge in [-0.05, 0) is 41.5 Å². The lowest BCUT2D eigenvalue weighted by atomic mass is 10.4. The molecule has 0 amide bonds. The summed E-state index contributed by atoms with van der Waals surface area (Å²) in [5.74, 6) is 0. The Bertz CT molecular complexity index is 233. The molecule has 0 saturated carbocycles. The van der Waals surface area contributed by atoms with Crippen molar-refractivity contribution in [3.8, 4) is 0 Å². The highest BCUT2D eigenvalue weighted by Crippen LogP contribution is 1.94. The van der Waals surface area contributed by atoms with E-state index in [4.69, 9.17) is 0 Å². The lowest BCUT2D eigenvalue weighted by Gasteiger charge is -2.17. The summed E-state index contributed by atoms with van der Waals surface area (Å²) in [4.78, 5) is 0.